The maximum atomic E-state index is 6.13. The molecular formula is C15H22Cl2N2. The van der Waals surface area contributed by atoms with E-state index in [1.807, 2.05) is 18.2 Å². The Hall–Kier alpha value is -0.280. The van der Waals surface area contributed by atoms with Crippen LogP contribution in [0.15, 0.2) is 18.2 Å². The number of benzene rings is 1. The highest BCUT2D eigenvalue weighted by molar-refractivity contribution is 6.42. The van der Waals surface area contributed by atoms with E-state index in [9.17, 15) is 0 Å². The molecule has 0 aromatic heterocycles. The highest BCUT2D eigenvalue weighted by atomic mass is 35.5. The van der Waals surface area contributed by atoms with Crippen LogP contribution in [0.4, 0.5) is 0 Å². The molecule has 2 N–H and O–H groups in total. The summed E-state index contributed by atoms with van der Waals surface area (Å²) < 4.78 is 0. The molecule has 0 aliphatic carbocycles. The number of nitrogens with two attached hydrogens (primary N) is 1. The quantitative estimate of drug-likeness (QED) is 0.910. The zero-order valence-electron chi connectivity index (χ0n) is 11.6. The molecule has 0 radical (unpaired) electrons. The van der Waals surface area contributed by atoms with Crippen molar-refractivity contribution in [3.8, 4) is 0 Å². The van der Waals surface area contributed by atoms with Gasteiger partial charge in [0, 0.05) is 18.6 Å². The zero-order valence-corrected chi connectivity index (χ0v) is 13.1. The molecule has 1 aromatic carbocycles. The fourth-order valence-electron chi connectivity index (χ4n) is 2.99. The van der Waals surface area contributed by atoms with Crippen molar-refractivity contribution in [2.45, 2.75) is 38.8 Å². The molecule has 3 atom stereocenters. The van der Waals surface area contributed by atoms with Crippen molar-refractivity contribution in [3.63, 3.8) is 0 Å². The first-order chi connectivity index (χ1) is 9.04. The maximum Gasteiger partial charge on any atom is 0.0595 e. The van der Waals surface area contributed by atoms with Crippen LogP contribution in [0.5, 0.6) is 0 Å². The normalized spacial score (nSPS) is 26.4. The standard InChI is InChI=1S/C15H22Cl2N2/c1-10-4-3-7-19(11(10)2)15(9-18)12-5-6-13(16)14(17)8-12/h5-6,8,10-11,15H,3-4,7,9,18H2,1-2H3. The van der Waals surface area contributed by atoms with Crippen molar-refractivity contribution in [2.24, 2.45) is 11.7 Å². The molecule has 106 valence electrons. The van der Waals surface area contributed by atoms with Crippen LogP contribution in [-0.4, -0.2) is 24.0 Å². The van der Waals surface area contributed by atoms with Crippen LogP contribution in [0, 0.1) is 5.92 Å². The number of hydrogen-bond donors (Lipinski definition) is 1. The van der Waals surface area contributed by atoms with E-state index in [2.05, 4.69) is 18.7 Å². The largest absolute Gasteiger partial charge is 0.329 e. The van der Waals surface area contributed by atoms with Crippen molar-refractivity contribution in [1.82, 2.24) is 4.90 Å². The Morgan fingerprint density at radius 3 is 2.68 bits per heavy atom. The molecule has 1 heterocycles. The van der Waals surface area contributed by atoms with Gasteiger partial charge < -0.3 is 5.73 Å². The van der Waals surface area contributed by atoms with Gasteiger partial charge in [-0.25, -0.2) is 0 Å². The third kappa shape index (κ3) is 3.25. The van der Waals surface area contributed by atoms with E-state index < -0.39 is 0 Å². The molecule has 2 rings (SSSR count). The smallest absolute Gasteiger partial charge is 0.0595 e. The Labute approximate surface area is 125 Å². The van der Waals surface area contributed by atoms with Crippen molar-refractivity contribution in [1.29, 1.82) is 0 Å². The summed E-state index contributed by atoms with van der Waals surface area (Å²) in [6.07, 6.45) is 2.54. The van der Waals surface area contributed by atoms with E-state index in [1.54, 1.807) is 0 Å². The summed E-state index contributed by atoms with van der Waals surface area (Å²) in [7, 11) is 0. The van der Waals surface area contributed by atoms with E-state index in [1.165, 1.54) is 12.8 Å². The molecule has 19 heavy (non-hydrogen) atoms. The predicted molar refractivity (Wildman–Crippen MR) is 82.8 cm³/mol. The van der Waals surface area contributed by atoms with Gasteiger partial charge in [0.2, 0.25) is 0 Å². The van der Waals surface area contributed by atoms with Crippen LogP contribution in [0.3, 0.4) is 0 Å². The topological polar surface area (TPSA) is 29.3 Å². The van der Waals surface area contributed by atoms with Gasteiger partial charge in [0.15, 0.2) is 0 Å². The molecule has 0 amide bonds. The van der Waals surface area contributed by atoms with Crippen LogP contribution in [-0.2, 0) is 0 Å². The number of piperidine rings is 1. The van der Waals surface area contributed by atoms with Crippen LogP contribution < -0.4 is 5.73 Å². The number of nitrogens with zero attached hydrogens (tertiary/aromatic N) is 1. The van der Waals surface area contributed by atoms with Crippen molar-refractivity contribution >= 4 is 23.2 Å². The van der Waals surface area contributed by atoms with Crippen LogP contribution in [0.2, 0.25) is 10.0 Å². The van der Waals surface area contributed by atoms with Gasteiger partial charge in [-0.1, -0.05) is 36.2 Å². The number of rotatable bonds is 3. The second-order valence-electron chi connectivity index (χ2n) is 5.52. The third-order valence-electron chi connectivity index (χ3n) is 4.37. The minimum Gasteiger partial charge on any atom is -0.329 e. The van der Waals surface area contributed by atoms with Crippen molar-refractivity contribution in [3.05, 3.63) is 33.8 Å². The molecule has 4 heteroatoms. The third-order valence-corrected chi connectivity index (χ3v) is 5.11. The summed E-state index contributed by atoms with van der Waals surface area (Å²) in [4.78, 5) is 2.51. The Kier molecular flexibility index (Phi) is 5.13. The van der Waals surface area contributed by atoms with Crippen molar-refractivity contribution in [2.75, 3.05) is 13.1 Å². The monoisotopic (exact) mass is 300 g/mol. The van der Waals surface area contributed by atoms with Gasteiger partial charge in [-0.2, -0.15) is 0 Å². The summed E-state index contributed by atoms with van der Waals surface area (Å²) in [6, 6.07) is 6.63. The first kappa shape index (κ1) is 15.1. The number of hydrogen-bond acceptors (Lipinski definition) is 2. The van der Waals surface area contributed by atoms with Gasteiger partial charge in [0.1, 0.15) is 0 Å². The minimum atomic E-state index is 0.229. The van der Waals surface area contributed by atoms with Crippen LogP contribution in [0.1, 0.15) is 38.3 Å². The number of halogens is 2. The average Bonchev–Trinajstić information content (AvgIpc) is 2.39. The number of likely N-dealkylation sites (tertiary alicyclic amines) is 1. The first-order valence-corrected chi connectivity index (χ1v) is 7.71. The molecule has 2 nitrogen and oxygen atoms in total. The fourth-order valence-corrected chi connectivity index (χ4v) is 3.30. The van der Waals surface area contributed by atoms with Gasteiger partial charge in [-0.3, -0.25) is 4.90 Å². The second-order valence-corrected chi connectivity index (χ2v) is 6.34. The van der Waals surface area contributed by atoms with Crippen molar-refractivity contribution < 1.29 is 0 Å². The van der Waals surface area contributed by atoms with Gasteiger partial charge >= 0.3 is 0 Å². The Morgan fingerprint density at radius 1 is 1.32 bits per heavy atom. The molecule has 0 bridgehead atoms. The minimum absolute atomic E-state index is 0.229. The van der Waals surface area contributed by atoms with Gasteiger partial charge in [0.25, 0.3) is 0 Å². The molecule has 1 aliphatic heterocycles. The molecule has 1 fully saturated rings. The van der Waals surface area contributed by atoms with Gasteiger partial charge in [0.05, 0.1) is 10.0 Å². The second kappa shape index (κ2) is 6.45. The lowest BCUT2D eigenvalue weighted by Crippen LogP contribution is -2.46. The van der Waals surface area contributed by atoms with E-state index in [0.717, 1.165) is 12.1 Å². The molecule has 1 aliphatic rings. The van der Waals surface area contributed by atoms with E-state index in [4.69, 9.17) is 28.9 Å². The lowest BCUT2D eigenvalue weighted by molar-refractivity contribution is 0.0710. The summed E-state index contributed by atoms with van der Waals surface area (Å²) in [5.41, 5.74) is 7.18. The van der Waals surface area contributed by atoms with E-state index >= 15 is 0 Å². The summed E-state index contributed by atoms with van der Waals surface area (Å²) in [5, 5.41) is 1.21. The molecule has 0 spiro atoms. The molecule has 1 saturated heterocycles. The summed E-state index contributed by atoms with van der Waals surface area (Å²) >= 11 is 12.1. The Bertz CT molecular complexity index is 436. The SMILES string of the molecule is CC1CCCN(C(CN)c2ccc(Cl)c(Cl)c2)C1C. The summed E-state index contributed by atoms with van der Waals surface area (Å²) in [5.74, 6) is 0.713. The maximum absolute atomic E-state index is 6.13. The van der Waals surface area contributed by atoms with E-state index in [-0.39, 0.29) is 6.04 Å². The van der Waals surface area contributed by atoms with E-state index in [0.29, 0.717) is 28.5 Å². The fraction of sp³-hybridized carbons (Fsp3) is 0.600. The summed E-state index contributed by atoms with van der Waals surface area (Å²) in [6.45, 7) is 6.33. The van der Waals surface area contributed by atoms with Gasteiger partial charge in [-0.15, -0.1) is 0 Å². The lowest BCUT2D eigenvalue weighted by atomic mass is 9.89. The lowest BCUT2D eigenvalue weighted by Gasteiger charge is -2.42. The molecule has 0 saturated carbocycles. The molecule has 3 unspecified atom stereocenters. The predicted octanol–water partition coefficient (Wildman–Crippen LogP) is 4.11. The molecule has 1 aromatic rings. The van der Waals surface area contributed by atoms with Crippen LogP contribution >= 0.6 is 23.2 Å². The Balaban J connectivity index is 2.25. The molecular weight excluding hydrogens is 279 g/mol. The van der Waals surface area contributed by atoms with Crippen LogP contribution in [0.25, 0.3) is 0 Å². The average molecular weight is 301 g/mol. The zero-order chi connectivity index (χ0) is 14.0. The van der Waals surface area contributed by atoms with Gasteiger partial charge in [-0.05, 0) is 49.9 Å². The highest BCUT2D eigenvalue weighted by Crippen LogP contribution is 2.33. The first-order valence-electron chi connectivity index (χ1n) is 6.95. The Morgan fingerprint density at radius 2 is 2.05 bits per heavy atom. The highest BCUT2D eigenvalue weighted by Gasteiger charge is 2.30.